The first-order chi connectivity index (χ1) is 46.1. The maximum Gasteiger partial charge on any atom is 0.116 e. The molecule has 0 saturated heterocycles. The van der Waals surface area contributed by atoms with Gasteiger partial charge in [0.2, 0.25) is 0 Å². The molecule has 0 amide bonds. The molecule has 93 heavy (non-hydrogen) atoms. The molecular weight excluding hydrogens is 1200 g/mol. The average molecular weight is 1310 g/mol. The van der Waals surface area contributed by atoms with Crippen molar-refractivity contribution >= 4 is 35.3 Å². The third-order valence-electron chi connectivity index (χ3n) is 17.9. The summed E-state index contributed by atoms with van der Waals surface area (Å²) in [6.45, 7) is 6.90. The molecule has 0 aromatic carbocycles. The van der Waals surface area contributed by atoms with Gasteiger partial charge in [0.1, 0.15) is 12.7 Å². The molecule has 0 radical (unpaired) electrons. The summed E-state index contributed by atoms with van der Waals surface area (Å²) < 4.78 is 0. The minimum Gasteiger partial charge on any atom is -0.255 e. The number of thioether (sulfide) groups is 3. The predicted octanol–water partition coefficient (Wildman–Crippen LogP) is 26.0. The van der Waals surface area contributed by atoms with Crippen LogP contribution in [0.4, 0.5) is 0 Å². The summed E-state index contributed by atoms with van der Waals surface area (Å²) in [6.07, 6.45) is 64.1. The van der Waals surface area contributed by atoms with Crippen LogP contribution in [-0.2, 0) is 0 Å². The Morgan fingerprint density at radius 2 is 0.430 bits per heavy atom. The Morgan fingerprint density at radius 3 is 0.645 bits per heavy atom. The number of pyridine rings is 5. The van der Waals surface area contributed by atoms with Crippen molar-refractivity contribution in [1.29, 1.82) is 0 Å². The molecule has 0 unspecified atom stereocenters. The van der Waals surface area contributed by atoms with E-state index in [1.54, 1.807) is 12.7 Å². The summed E-state index contributed by atoms with van der Waals surface area (Å²) in [5, 5.41) is 0. The van der Waals surface area contributed by atoms with Crippen LogP contribution in [0.5, 0.6) is 0 Å². The van der Waals surface area contributed by atoms with Gasteiger partial charge < -0.3 is 0 Å². The Balaban J connectivity index is 1.03. The lowest BCUT2D eigenvalue weighted by Crippen LogP contribution is -1.98. The molecule has 0 saturated carbocycles. The number of hydrogen-bond donors (Lipinski definition) is 0. The van der Waals surface area contributed by atoms with E-state index in [0.29, 0.717) is 0 Å². The number of aromatic nitrogens is 9. The second-order valence-corrected chi connectivity index (χ2v) is 29.6. The lowest BCUT2D eigenvalue weighted by molar-refractivity contribution is 0.538. The number of nitrogens with zero attached hydrogens (tertiary/aromatic N) is 9. The highest BCUT2D eigenvalue weighted by Gasteiger charge is 2.17. The zero-order valence-electron chi connectivity index (χ0n) is 58.0. The Hall–Kier alpha value is -5.04. The zero-order chi connectivity index (χ0) is 64.7. The summed E-state index contributed by atoms with van der Waals surface area (Å²) in [5.74, 6) is 3.15. The van der Waals surface area contributed by atoms with Crippen molar-refractivity contribution in [1.82, 2.24) is 44.9 Å². The molecular formula is C81H117N9S3. The van der Waals surface area contributed by atoms with Crippen LogP contribution in [0.3, 0.4) is 0 Å². The second kappa shape index (κ2) is 48.6. The SMILES string of the molecule is CCCCCCCCCCCCCCCCSc1cc(-c2ccccn2)nc(-c2cc(-c3cc(SCCCCCCCCCCCCCCCC)cc(-c4cc(-c5cc(SCCCCCCCCCCCCCCCC)cc(-c6ccccn6)n5)ncn4)n3)ncn2)c1. The molecule has 12 heteroatoms. The zero-order valence-corrected chi connectivity index (χ0v) is 60.4. The Morgan fingerprint density at radius 1 is 0.215 bits per heavy atom. The van der Waals surface area contributed by atoms with E-state index in [1.165, 1.54) is 279 Å². The van der Waals surface area contributed by atoms with Crippen LogP contribution in [0.25, 0.3) is 68.3 Å². The van der Waals surface area contributed by atoms with Crippen LogP contribution < -0.4 is 0 Å². The first-order valence-electron chi connectivity index (χ1n) is 37.5. The van der Waals surface area contributed by atoms with Crippen LogP contribution in [0, 0.1) is 0 Å². The fraction of sp³-hybridized carbons (Fsp3) is 0.593. The van der Waals surface area contributed by atoms with E-state index in [9.17, 15) is 0 Å². The summed E-state index contributed by atoms with van der Waals surface area (Å²) in [5.41, 5.74) is 9.49. The van der Waals surface area contributed by atoms with Crippen LogP contribution in [0.2, 0.25) is 0 Å². The third kappa shape index (κ3) is 31.1. The van der Waals surface area contributed by atoms with Crippen LogP contribution in [-0.4, -0.2) is 62.1 Å². The van der Waals surface area contributed by atoms with Gasteiger partial charge in [0, 0.05) is 27.1 Å². The Kier molecular flexibility index (Phi) is 39.4. The maximum absolute atomic E-state index is 5.38. The molecule has 0 atom stereocenters. The highest BCUT2D eigenvalue weighted by molar-refractivity contribution is 7.99. The van der Waals surface area contributed by atoms with Crippen molar-refractivity contribution in [3.63, 3.8) is 0 Å². The van der Waals surface area contributed by atoms with Crippen LogP contribution >= 0.6 is 35.3 Å². The molecule has 0 aliphatic carbocycles. The van der Waals surface area contributed by atoms with Crippen molar-refractivity contribution in [3.8, 4) is 68.3 Å². The first-order valence-corrected chi connectivity index (χ1v) is 40.5. The molecule has 7 aromatic rings. The van der Waals surface area contributed by atoms with Gasteiger partial charge in [-0.25, -0.2) is 34.9 Å². The van der Waals surface area contributed by atoms with Crippen LogP contribution in [0.15, 0.2) is 125 Å². The van der Waals surface area contributed by atoms with Crippen LogP contribution in [0.1, 0.15) is 290 Å². The van der Waals surface area contributed by atoms with Gasteiger partial charge in [-0.2, -0.15) is 0 Å². The summed E-state index contributed by atoms with van der Waals surface area (Å²) in [7, 11) is 0. The molecule has 504 valence electrons. The lowest BCUT2D eigenvalue weighted by atomic mass is 10.0. The molecule has 0 N–H and O–H groups in total. The summed E-state index contributed by atoms with van der Waals surface area (Å²) >= 11 is 5.71. The topological polar surface area (TPSA) is 116 Å². The van der Waals surface area contributed by atoms with E-state index < -0.39 is 0 Å². The van der Waals surface area contributed by atoms with E-state index in [1.807, 2.05) is 84.1 Å². The van der Waals surface area contributed by atoms with Crippen molar-refractivity contribution in [2.45, 2.75) is 305 Å². The number of unbranched alkanes of at least 4 members (excludes halogenated alkanes) is 39. The quantitative estimate of drug-likeness (QED) is 0.0267. The second-order valence-electron chi connectivity index (χ2n) is 26.1. The normalized spacial score (nSPS) is 11.5. The molecule has 0 bridgehead atoms. The average Bonchev–Trinajstić information content (AvgIpc) is 0.854. The van der Waals surface area contributed by atoms with E-state index in [2.05, 4.69) is 69.3 Å². The molecule has 7 rings (SSSR count). The summed E-state index contributed by atoms with van der Waals surface area (Å²) in [6, 6.07) is 29.3. The molecule has 7 heterocycles. The van der Waals surface area contributed by atoms with Crippen molar-refractivity contribution < 1.29 is 0 Å². The lowest BCUT2D eigenvalue weighted by Gasteiger charge is -2.12. The predicted molar refractivity (Wildman–Crippen MR) is 402 cm³/mol. The van der Waals surface area contributed by atoms with E-state index in [4.69, 9.17) is 44.9 Å². The van der Waals surface area contributed by atoms with E-state index >= 15 is 0 Å². The molecule has 0 spiro atoms. The minimum absolute atomic E-state index is 0.737. The van der Waals surface area contributed by atoms with Crippen molar-refractivity contribution in [2.75, 3.05) is 17.3 Å². The van der Waals surface area contributed by atoms with E-state index in [0.717, 1.165) is 90.5 Å². The Bertz CT molecular complexity index is 2850. The highest BCUT2D eigenvalue weighted by atomic mass is 32.2. The Labute approximate surface area is 577 Å². The first kappa shape index (κ1) is 75.3. The molecule has 0 aliphatic heterocycles. The van der Waals surface area contributed by atoms with Gasteiger partial charge in [0.15, 0.2) is 0 Å². The minimum atomic E-state index is 0.737. The van der Waals surface area contributed by atoms with Gasteiger partial charge >= 0.3 is 0 Å². The van der Waals surface area contributed by atoms with Gasteiger partial charge in [-0.1, -0.05) is 283 Å². The van der Waals surface area contributed by atoms with Gasteiger partial charge in [-0.15, -0.1) is 35.3 Å². The van der Waals surface area contributed by atoms with Crippen molar-refractivity contribution in [3.05, 3.63) is 110 Å². The molecule has 0 fully saturated rings. The maximum atomic E-state index is 5.38. The van der Waals surface area contributed by atoms with E-state index in [-0.39, 0.29) is 0 Å². The number of rotatable bonds is 54. The monoisotopic (exact) mass is 1310 g/mol. The molecule has 9 nitrogen and oxygen atoms in total. The molecule has 7 aromatic heterocycles. The van der Waals surface area contributed by atoms with Gasteiger partial charge in [0.25, 0.3) is 0 Å². The standard InChI is InChI=1S/C81H117N9S3/c1-4-7-10-13-16-19-22-25-28-31-34-37-40-47-54-91-67-57-76(70-50-43-45-52-82-70)88-78(59-67)72-63-74(86-65-84-72)80-61-69(93-56-49-42-39-36-33-30-27-24-21-18-15-12-9-6-3)62-81(90-80)75-64-73(85-66-87-75)79-60-68(58-77(89-79)71-51-44-46-53-83-71)92-55-48-41-38-35-32-29-26-23-20-17-14-11-8-5-2/h43-46,50-53,57-66H,4-42,47-49,54-56H2,1-3H3. The smallest absolute Gasteiger partial charge is 0.116 e. The fourth-order valence-corrected chi connectivity index (χ4v) is 15.2. The molecule has 0 aliphatic rings. The summed E-state index contributed by atoms with van der Waals surface area (Å²) in [4.78, 5) is 48.4. The fourth-order valence-electron chi connectivity index (χ4n) is 12.3. The number of hydrogen-bond acceptors (Lipinski definition) is 12. The third-order valence-corrected chi connectivity index (χ3v) is 21.1. The highest BCUT2D eigenvalue weighted by Crippen LogP contribution is 2.35. The van der Waals surface area contributed by atoms with Gasteiger partial charge in [0.05, 0.1) is 68.3 Å². The largest absolute Gasteiger partial charge is 0.255 e. The van der Waals surface area contributed by atoms with Gasteiger partial charge in [-0.3, -0.25) is 9.97 Å². The van der Waals surface area contributed by atoms with Gasteiger partial charge in [-0.05, 0) is 109 Å². The van der Waals surface area contributed by atoms with Crippen molar-refractivity contribution in [2.24, 2.45) is 0 Å².